The lowest BCUT2D eigenvalue weighted by Crippen LogP contribution is -2.21. The Hall–Kier alpha value is -1.53. The largest absolute Gasteiger partial charge is 0.458 e. The van der Waals surface area contributed by atoms with Crippen LogP contribution < -0.4 is 0 Å². The van der Waals surface area contributed by atoms with Crippen LogP contribution >= 0.6 is 7.60 Å². The van der Waals surface area contributed by atoms with Crippen molar-refractivity contribution in [3.8, 4) is 0 Å². The van der Waals surface area contributed by atoms with Crippen molar-refractivity contribution in [3.05, 3.63) is 35.9 Å². The van der Waals surface area contributed by atoms with Crippen LogP contribution in [-0.4, -0.2) is 38.9 Å². The van der Waals surface area contributed by atoms with Gasteiger partial charge in [-0.1, -0.05) is 30.3 Å². The van der Waals surface area contributed by atoms with Crippen molar-refractivity contribution in [1.82, 2.24) is 0 Å². The lowest BCUT2D eigenvalue weighted by Gasteiger charge is -2.15. The number of hydrogen-bond donors (Lipinski definition) is 3. The van der Waals surface area contributed by atoms with Crippen molar-refractivity contribution in [2.45, 2.75) is 32.0 Å². The summed E-state index contributed by atoms with van der Waals surface area (Å²) in [5.41, 5.74) is 0.794. The van der Waals surface area contributed by atoms with E-state index < -0.39 is 50.6 Å². The Balaban J connectivity index is 2.41. The van der Waals surface area contributed by atoms with Crippen molar-refractivity contribution in [1.29, 1.82) is 0 Å². The molecule has 1 aromatic rings. The molecule has 2 atom stereocenters. The SMILES string of the molecule is C[C@@H](OC(=O)CC(O)CC(=O)CP(=O)(O)O)c1ccccc1. The minimum Gasteiger partial charge on any atom is -0.458 e. The highest BCUT2D eigenvalue weighted by Gasteiger charge is 2.23. The van der Waals surface area contributed by atoms with Gasteiger partial charge in [0.25, 0.3) is 0 Å². The second-order valence-electron chi connectivity index (χ2n) is 4.97. The van der Waals surface area contributed by atoms with E-state index in [1.807, 2.05) is 6.07 Å². The monoisotopic (exact) mass is 330 g/mol. The van der Waals surface area contributed by atoms with Gasteiger partial charge in [-0.25, -0.2) is 0 Å². The van der Waals surface area contributed by atoms with E-state index in [9.17, 15) is 19.3 Å². The fourth-order valence-corrected chi connectivity index (χ4v) is 2.45. The van der Waals surface area contributed by atoms with Crippen molar-refractivity contribution in [2.75, 3.05) is 6.16 Å². The summed E-state index contributed by atoms with van der Waals surface area (Å²) in [7, 11) is -4.45. The van der Waals surface area contributed by atoms with Crippen LogP contribution in [0.15, 0.2) is 30.3 Å². The van der Waals surface area contributed by atoms with Crippen LogP contribution in [0.1, 0.15) is 31.4 Å². The molecule has 0 aliphatic heterocycles. The maximum absolute atomic E-state index is 11.7. The zero-order valence-corrected chi connectivity index (χ0v) is 13.0. The normalized spacial score (nSPS) is 14.2. The predicted molar refractivity (Wildman–Crippen MR) is 78.1 cm³/mol. The third kappa shape index (κ3) is 7.47. The summed E-state index contributed by atoms with van der Waals surface area (Å²) in [6.45, 7) is 1.68. The summed E-state index contributed by atoms with van der Waals surface area (Å²) in [6, 6.07) is 9.01. The summed E-state index contributed by atoms with van der Waals surface area (Å²) in [5.74, 6) is -1.49. The second kappa shape index (κ2) is 8.19. The fraction of sp³-hybridized carbons (Fsp3) is 0.429. The molecule has 0 spiro atoms. The molecule has 1 unspecified atom stereocenters. The van der Waals surface area contributed by atoms with Crippen LogP contribution in [-0.2, 0) is 18.9 Å². The first-order valence-electron chi connectivity index (χ1n) is 6.66. The molecule has 1 aromatic carbocycles. The zero-order chi connectivity index (χ0) is 16.8. The summed E-state index contributed by atoms with van der Waals surface area (Å²) >= 11 is 0. The van der Waals surface area contributed by atoms with E-state index in [2.05, 4.69) is 0 Å². The van der Waals surface area contributed by atoms with Crippen molar-refractivity contribution in [3.63, 3.8) is 0 Å². The first-order valence-corrected chi connectivity index (χ1v) is 8.46. The molecule has 22 heavy (non-hydrogen) atoms. The van der Waals surface area contributed by atoms with Crippen molar-refractivity contribution < 1.29 is 33.8 Å². The summed E-state index contributed by atoms with van der Waals surface area (Å²) in [6.07, 6.45) is -3.68. The lowest BCUT2D eigenvalue weighted by atomic mass is 10.1. The van der Waals surface area contributed by atoms with Crippen LogP contribution in [0.25, 0.3) is 0 Å². The van der Waals surface area contributed by atoms with Gasteiger partial charge in [-0.3, -0.25) is 14.2 Å². The molecule has 1 rings (SSSR count). The van der Waals surface area contributed by atoms with Gasteiger partial charge >= 0.3 is 13.6 Å². The van der Waals surface area contributed by atoms with Crippen LogP contribution in [0.3, 0.4) is 0 Å². The Morgan fingerprint density at radius 2 is 1.77 bits per heavy atom. The predicted octanol–water partition coefficient (Wildman–Crippen LogP) is 1.18. The molecule has 0 saturated carbocycles. The van der Waals surface area contributed by atoms with E-state index in [0.717, 1.165) is 5.56 Å². The Morgan fingerprint density at radius 1 is 1.18 bits per heavy atom. The van der Waals surface area contributed by atoms with Gasteiger partial charge in [0.05, 0.1) is 12.5 Å². The maximum atomic E-state index is 11.7. The molecule has 0 aliphatic rings. The molecular weight excluding hydrogens is 311 g/mol. The number of aliphatic hydroxyl groups excluding tert-OH is 1. The van der Waals surface area contributed by atoms with Gasteiger partial charge in [-0.2, -0.15) is 0 Å². The molecule has 0 radical (unpaired) electrons. The van der Waals surface area contributed by atoms with Crippen LogP contribution in [0, 0.1) is 0 Å². The molecule has 0 saturated heterocycles. The van der Waals surface area contributed by atoms with E-state index >= 15 is 0 Å². The molecule has 3 N–H and O–H groups in total. The molecule has 0 aliphatic carbocycles. The lowest BCUT2D eigenvalue weighted by molar-refractivity contribution is -0.151. The van der Waals surface area contributed by atoms with Crippen LogP contribution in [0.4, 0.5) is 0 Å². The zero-order valence-electron chi connectivity index (χ0n) is 12.1. The number of benzene rings is 1. The van der Waals surface area contributed by atoms with Gasteiger partial charge < -0.3 is 19.6 Å². The number of carbonyl (C=O) groups is 2. The number of Topliss-reactive ketones (excluding diaryl/α,β-unsaturated/α-hetero) is 1. The minimum atomic E-state index is -4.45. The first-order chi connectivity index (χ1) is 10.2. The van der Waals surface area contributed by atoms with Crippen molar-refractivity contribution in [2.24, 2.45) is 0 Å². The second-order valence-corrected chi connectivity index (χ2v) is 6.61. The number of esters is 1. The number of carbonyl (C=O) groups excluding carboxylic acids is 2. The Labute approximate surface area is 128 Å². The topological polar surface area (TPSA) is 121 Å². The maximum Gasteiger partial charge on any atom is 0.332 e. The molecule has 0 heterocycles. The van der Waals surface area contributed by atoms with E-state index in [0.29, 0.717) is 0 Å². The van der Waals surface area contributed by atoms with Gasteiger partial charge in [-0.05, 0) is 12.5 Å². The summed E-state index contributed by atoms with van der Waals surface area (Å²) in [4.78, 5) is 40.2. The highest BCUT2D eigenvalue weighted by molar-refractivity contribution is 7.52. The number of rotatable bonds is 8. The van der Waals surface area contributed by atoms with Gasteiger partial charge in [0.2, 0.25) is 0 Å². The van der Waals surface area contributed by atoms with E-state index in [1.165, 1.54) is 0 Å². The highest BCUT2D eigenvalue weighted by atomic mass is 31.2. The highest BCUT2D eigenvalue weighted by Crippen LogP contribution is 2.34. The van der Waals surface area contributed by atoms with Crippen LogP contribution in [0.2, 0.25) is 0 Å². The van der Waals surface area contributed by atoms with Gasteiger partial charge in [0, 0.05) is 6.42 Å². The minimum absolute atomic E-state index is 0.413. The fourth-order valence-electron chi connectivity index (χ4n) is 1.86. The molecule has 7 nitrogen and oxygen atoms in total. The first kappa shape index (κ1) is 18.5. The quantitative estimate of drug-likeness (QED) is 0.483. The number of aliphatic hydroxyl groups is 1. The number of ether oxygens (including phenoxy) is 1. The standard InChI is InChI=1S/C14H19O7P/c1-10(11-5-3-2-4-6-11)21-14(17)8-12(15)7-13(16)9-22(18,19)20/h2-6,10,12,15H,7-9H2,1H3,(H2,18,19,20)/t10-,12?/m1/s1. The van der Waals surface area contributed by atoms with E-state index in [1.54, 1.807) is 31.2 Å². The third-order valence-corrected chi connectivity index (χ3v) is 3.59. The average molecular weight is 330 g/mol. The third-order valence-electron chi connectivity index (χ3n) is 2.83. The summed E-state index contributed by atoms with van der Waals surface area (Å²) in [5, 5.41) is 9.60. The molecule has 0 aromatic heterocycles. The molecule has 122 valence electrons. The molecule has 0 fully saturated rings. The Bertz CT molecular complexity index is 552. The van der Waals surface area contributed by atoms with Gasteiger partial charge in [0.1, 0.15) is 18.0 Å². The Kier molecular flexibility index (Phi) is 6.90. The van der Waals surface area contributed by atoms with Crippen molar-refractivity contribution >= 4 is 19.3 Å². The van der Waals surface area contributed by atoms with Crippen LogP contribution in [0.5, 0.6) is 0 Å². The molecule has 0 amide bonds. The van der Waals surface area contributed by atoms with Gasteiger partial charge in [0.15, 0.2) is 0 Å². The number of ketones is 1. The average Bonchev–Trinajstić information content (AvgIpc) is 2.36. The summed E-state index contributed by atoms with van der Waals surface area (Å²) < 4.78 is 15.8. The van der Waals surface area contributed by atoms with E-state index in [4.69, 9.17) is 14.5 Å². The number of hydrogen-bond acceptors (Lipinski definition) is 5. The Morgan fingerprint density at radius 3 is 2.32 bits per heavy atom. The molecule has 0 bridgehead atoms. The smallest absolute Gasteiger partial charge is 0.332 e. The van der Waals surface area contributed by atoms with E-state index in [-0.39, 0.29) is 0 Å². The van der Waals surface area contributed by atoms with Gasteiger partial charge in [-0.15, -0.1) is 0 Å². The molecule has 8 heteroatoms. The molecular formula is C14H19O7P.